The van der Waals surface area contributed by atoms with Crippen LogP contribution in [0, 0.1) is 6.92 Å². The second-order valence-corrected chi connectivity index (χ2v) is 8.96. The number of aliphatic hydroxyl groups is 2. The van der Waals surface area contributed by atoms with Crippen LogP contribution in [0.1, 0.15) is 95.8 Å². The summed E-state index contributed by atoms with van der Waals surface area (Å²) in [6.45, 7) is 3.25. The Bertz CT molecular complexity index is 835. The van der Waals surface area contributed by atoms with Crippen molar-refractivity contribution in [3.63, 3.8) is 0 Å². The quantitative estimate of drug-likeness (QED) is 0.266. The van der Waals surface area contributed by atoms with Crippen molar-refractivity contribution in [2.75, 3.05) is 6.61 Å². The molecule has 1 aromatic rings. The fraction of sp³-hybridized carbons (Fsp3) is 0.792. The Morgan fingerprint density at radius 2 is 1.64 bits per heavy atom. The topological polar surface area (TPSA) is 131 Å². The molecule has 4 atom stereocenters. The molecular weight excluding hydrogens is 428 g/mol. The summed E-state index contributed by atoms with van der Waals surface area (Å²) in [4.78, 5) is 38.4. The number of hydrogen-bond acceptors (Lipinski definition) is 7. The number of aliphatic hydroxyl groups excluding tert-OH is 2. The van der Waals surface area contributed by atoms with Crippen LogP contribution in [-0.4, -0.2) is 50.7 Å². The minimum absolute atomic E-state index is 0.205. The molecule has 2 heterocycles. The second-order valence-electron chi connectivity index (χ2n) is 8.96. The number of aryl methyl sites for hydroxylation is 1. The van der Waals surface area contributed by atoms with Crippen molar-refractivity contribution in [1.82, 2.24) is 9.55 Å². The van der Waals surface area contributed by atoms with Gasteiger partial charge < -0.3 is 19.7 Å². The van der Waals surface area contributed by atoms with Crippen LogP contribution >= 0.6 is 0 Å². The maximum Gasteiger partial charge on any atom is 0.330 e. The zero-order valence-corrected chi connectivity index (χ0v) is 20.0. The zero-order valence-electron chi connectivity index (χ0n) is 20.0. The van der Waals surface area contributed by atoms with Crippen molar-refractivity contribution >= 4 is 5.97 Å². The number of nitrogens with zero attached hydrogens (tertiary/aromatic N) is 1. The van der Waals surface area contributed by atoms with E-state index in [9.17, 15) is 24.6 Å². The first-order valence-electron chi connectivity index (χ1n) is 12.3. The first-order chi connectivity index (χ1) is 15.9. The van der Waals surface area contributed by atoms with Crippen LogP contribution < -0.4 is 11.2 Å². The lowest BCUT2D eigenvalue weighted by Crippen LogP contribution is -2.41. The highest BCUT2D eigenvalue weighted by Crippen LogP contribution is 2.31. The van der Waals surface area contributed by atoms with Gasteiger partial charge in [0.25, 0.3) is 5.56 Å². The van der Waals surface area contributed by atoms with Crippen LogP contribution in [0.2, 0.25) is 0 Å². The molecule has 9 heteroatoms. The highest BCUT2D eigenvalue weighted by Gasteiger charge is 2.47. The summed E-state index contributed by atoms with van der Waals surface area (Å²) >= 11 is 0. The van der Waals surface area contributed by atoms with Crippen molar-refractivity contribution in [3.8, 4) is 0 Å². The van der Waals surface area contributed by atoms with Crippen LogP contribution in [0.25, 0.3) is 0 Å². The van der Waals surface area contributed by atoms with E-state index in [0.29, 0.717) is 6.42 Å². The summed E-state index contributed by atoms with van der Waals surface area (Å²) in [6.07, 6.45) is 9.77. The van der Waals surface area contributed by atoms with E-state index >= 15 is 0 Å². The molecule has 0 bridgehead atoms. The summed E-state index contributed by atoms with van der Waals surface area (Å²) in [5.41, 5.74) is -1.00. The van der Waals surface area contributed by atoms with Crippen LogP contribution in [0.5, 0.6) is 0 Å². The van der Waals surface area contributed by atoms with Gasteiger partial charge in [-0.25, -0.2) is 4.79 Å². The van der Waals surface area contributed by atoms with Crippen molar-refractivity contribution in [1.29, 1.82) is 0 Å². The Morgan fingerprint density at radius 3 is 2.21 bits per heavy atom. The van der Waals surface area contributed by atoms with Crippen molar-refractivity contribution in [2.24, 2.45) is 0 Å². The molecule has 0 radical (unpaired) electrons. The molecule has 9 nitrogen and oxygen atoms in total. The molecular formula is C24H40N2O7. The Hall–Kier alpha value is -1.97. The minimum atomic E-state index is -1.29. The number of hydrogen-bond donors (Lipinski definition) is 3. The third kappa shape index (κ3) is 8.39. The number of unbranched alkanes of at least 4 members (excludes halogenated alkanes) is 10. The maximum absolute atomic E-state index is 12.4. The summed E-state index contributed by atoms with van der Waals surface area (Å²) in [5.74, 6) is -0.489. The predicted molar refractivity (Wildman–Crippen MR) is 124 cm³/mol. The number of esters is 1. The fourth-order valence-electron chi connectivity index (χ4n) is 4.14. The summed E-state index contributed by atoms with van der Waals surface area (Å²) in [5, 5.41) is 19.9. The van der Waals surface area contributed by atoms with E-state index in [0.717, 1.165) is 23.8 Å². The maximum atomic E-state index is 12.4. The van der Waals surface area contributed by atoms with Gasteiger partial charge in [0.1, 0.15) is 12.2 Å². The van der Waals surface area contributed by atoms with Gasteiger partial charge in [0, 0.05) is 18.2 Å². The van der Waals surface area contributed by atoms with Gasteiger partial charge in [-0.1, -0.05) is 71.1 Å². The number of rotatable bonds is 15. The standard InChI is InChI=1S/C24H40N2O7/c1-3-4-5-6-7-8-9-10-11-12-13-14-19(28)33-21-20(29)18(16-27)32-23(21)26-15-17(2)22(30)25-24(26)31/h15,18,20-21,23,27,29H,3-14,16H2,1-2H3,(H,25,30,31)/t18-,20-,21-,23-/m1/s1. The van der Waals surface area contributed by atoms with Crippen LogP contribution in [0.3, 0.4) is 0 Å². The average molecular weight is 469 g/mol. The zero-order chi connectivity index (χ0) is 24.2. The monoisotopic (exact) mass is 468 g/mol. The van der Waals surface area contributed by atoms with Crippen LogP contribution in [-0.2, 0) is 14.3 Å². The smallest absolute Gasteiger partial charge is 0.330 e. The number of carbonyl (C=O) groups excluding carboxylic acids is 1. The van der Waals surface area contributed by atoms with Gasteiger partial charge in [-0.05, 0) is 13.3 Å². The van der Waals surface area contributed by atoms with Gasteiger partial charge in [0.05, 0.1) is 6.61 Å². The molecule has 0 spiro atoms. The van der Waals surface area contributed by atoms with Gasteiger partial charge in [-0.3, -0.25) is 19.1 Å². The summed E-state index contributed by atoms with van der Waals surface area (Å²) < 4.78 is 12.1. The number of H-pyrrole nitrogens is 1. The number of nitrogens with one attached hydrogen (secondary N) is 1. The van der Waals surface area contributed by atoms with E-state index < -0.39 is 48.4 Å². The van der Waals surface area contributed by atoms with Crippen molar-refractivity contribution in [3.05, 3.63) is 32.6 Å². The lowest BCUT2D eigenvalue weighted by Gasteiger charge is -2.22. The number of aromatic amines is 1. The molecule has 1 saturated heterocycles. The lowest BCUT2D eigenvalue weighted by atomic mass is 10.1. The molecule has 0 aromatic carbocycles. The molecule has 0 saturated carbocycles. The molecule has 3 N–H and O–H groups in total. The van der Waals surface area contributed by atoms with Gasteiger partial charge in [-0.2, -0.15) is 0 Å². The summed E-state index contributed by atoms with van der Waals surface area (Å²) in [6, 6.07) is 0. The van der Waals surface area contributed by atoms with Gasteiger partial charge in [0.15, 0.2) is 12.3 Å². The molecule has 0 unspecified atom stereocenters. The SMILES string of the molecule is CCCCCCCCCCCCCC(=O)O[C@@H]1[C@H](O)[C@@H](CO)O[C@H]1n1cc(C)c(=O)[nH]c1=O. The highest BCUT2D eigenvalue weighted by molar-refractivity contribution is 5.69. The van der Waals surface area contributed by atoms with Gasteiger partial charge in [-0.15, -0.1) is 0 Å². The molecule has 1 fully saturated rings. The van der Waals surface area contributed by atoms with Gasteiger partial charge >= 0.3 is 11.7 Å². The minimum Gasteiger partial charge on any atom is -0.455 e. The van der Waals surface area contributed by atoms with E-state index in [1.165, 1.54) is 58.1 Å². The van der Waals surface area contributed by atoms with E-state index in [1.807, 2.05) is 0 Å². The van der Waals surface area contributed by atoms with E-state index in [1.54, 1.807) is 0 Å². The normalized spacial score (nSPS) is 22.5. The predicted octanol–water partition coefficient (Wildman–Crippen LogP) is 2.71. The third-order valence-electron chi connectivity index (χ3n) is 6.16. The number of aromatic nitrogens is 2. The molecule has 1 aliphatic heterocycles. The Labute approximate surface area is 195 Å². The highest BCUT2D eigenvalue weighted by atomic mass is 16.6. The van der Waals surface area contributed by atoms with Crippen LogP contribution in [0.15, 0.2) is 15.8 Å². The van der Waals surface area contributed by atoms with Crippen LogP contribution in [0.4, 0.5) is 0 Å². The lowest BCUT2D eigenvalue weighted by molar-refractivity contribution is -0.159. The number of ether oxygens (including phenoxy) is 2. The van der Waals surface area contributed by atoms with E-state index in [2.05, 4.69) is 11.9 Å². The van der Waals surface area contributed by atoms with Crippen molar-refractivity contribution < 1.29 is 24.5 Å². The van der Waals surface area contributed by atoms with Crippen molar-refractivity contribution in [2.45, 2.75) is 115 Å². The Balaban J connectivity index is 1.78. The summed E-state index contributed by atoms with van der Waals surface area (Å²) in [7, 11) is 0. The van der Waals surface area contributed by atoms with E-state index in [-0.39, 0.29) is 12.0 Å². The molecule has 33 heavy (non-hydrogen) atoms. The fourth-order valence-corrected chi connectivity index (χ4v) is 4.14. The van der Waals surface area contributed by atoms with E-state index in [4.69, 9.17) is 9.47 Å². The molecule has 0 amide bonds. The Kier molecular flexibility index (Phi) is 11.8. The Morgan fingerprint density at radius 1 is 1.06 bits per heavy atom. The largest absolute Gasteiger partial charge is 0.455 e. The molecule has 188 valence electrons. The molecule has 1 aliphatic rings. The number of carbonyl (C=O) groups is 1. The first kappa shape index (κ1) is 27.3. The second kappa shape index (κ2) is 14.3. The molecule has 0 aliphatic carbocycles. The first-order valence-corrected chi connectivity index (χ1v) is 12.3. The molecule has 1 aromatic heterocycles. The molecule has 2 rings (SSSR count). The van der Waals surface area contributed by atoms with Gasteiger partial charge in [0.2, 0.25) is 0 Å². The third-order valence-corrected chi connectivity index (χ3v) is 6.16. The average Bonchev–Trinajstić information content (AvgIpc) is 3.09.